The van der Waals surface area contributed by atoms with E-state index in [0.29, 0.717) is 0 Å². The van der Waals surface area contributed by atoms with Crippen molar-refractivity contribution in [3.8, 4) is 0 Å². The zero-order valence-electron chi connectivity index (χ0n) is 8.74. The number of nitrogens with zero attached hydrogens (tertiary/aromatic N) is 2. The summed E-state index contributed by atoms with van der Waals surface area (Å²) in [5.74, 6) is -0.544. The summed E-state index contributed by atoms with van der Waals surface area (Å²) in [6, 6.07) is 0. The quantitative estimate of drug-likeness (QED) is 0.243. The highest BCUT2D eigenvalue weighted by molar-refractivity contribution is 6.66. The van der Waals surface area contributed by atoms with Gasteiger partial charge < -0.3 is 4.74 Å². The zero-order valence-corrected chi connectivity index (χ0v) is 9.49. The predicted octanol–water partition coefficient (Wildman–Crippen LogP) is 1.96. The second-order valence-electron chi connectivity index (χ2n) is 2.30. The molecule has 0 rings (SSSR count). The summed E-state index contributed by atoms with van der Waals surface area (Å²) in [6.07, 6.45) is 4.54. The van der Waals surface area contributed by atoms with Crippen LogP contribution in [-0.2, 0) is 9.53 Å². The van der Waals surface area contributed by atoms with E-state index in [0.717, 1.165) is 0 Å². The van der Waals surface area contributed by atoms with Crippen molar-refractivity contribution in [2.75, 3.05) is 13.7 Å². The van der Waals surface area contributed by atoms with Gasteiger partial charge in [0.25, 0.3) is 0 Å². The molecule has 0 aromatic carbocycles. The van der Waals surface area contributed by atoms with Crippen molar-refractivity contribution < 1.29 is 9.53 Å². The Morgan fingerprint density at radius 3 is 2.73 bits per heavy atom. The number of allylic oxidation sites excluding steroid dienone is 2. The first kappa shape index (κ1) is 13.6. The van der Waals surface area contributed by atoms with E-state index < -0.39 is 5.97 Å². The van der Waals surface area contributed by atoms with Gasteiger partial charge in [-0.2, -0.15) is 0 Å². The molecule has 0 atom stereocenters. The maximum Gasteiger partial charge on any atom is 0.357 e. The van der Waals surface area contributed by atoms with Crippen LogP contribution in [0.15, 0.2) is 34.8 Å². The number of esters is 1. The summed E-state index contributed by atoms with van der Waals surface area (Å²) in [5, 5.41) is -0.00762. The molecule has 0 aliphatic rings. The fourth-order valence-electron chi connectivity index (χ4n) is 0.665. The molecule has 15 heavy (non-hydrogen) atoms. The Bertz CT molecular complexity index is 319. The van der Waals surface area contributed by atoms with Gasteiger partial charge in [-0.25, -0.2) is 9.79 Å². The lowest BCUT2D eigenvalue weighted by Gasteiger charge is -2.00. The minimum absolute atomic E-state index is 0.00762. The highest BCUT2D eigenvalue weighted by Gasteiger charge is 2.09. The van der Waals surface area contributed by atoms with E-state index in [1.165, 1.54) is 19.2 Å². The molecule has 0 aliphatic heterocycles. The van der Waals surface area contributed by atoms with Gasteiger partial charge in [-0.1, -0.05) is 18.7 Å². The van der Waals surface area contributed by atoms with Crippen molar-refractivity contribution in [2.24, 2.45) is 9.98 Å². The lowest BCUT2D eigenvalue weighted by Crippen LogP contribution is -2.16. The largest absolute Gasteiger partial charge is 0.461 e. The van der Waals surface area contributed by atoms with E-state index >= 15 is 0 Å². The van der Waals surface area contributed by atoms with Crippen LogP contribution in [0, 0.1) is 0 Å². The molecule has 0 saturated carbocycles. The number of ether oxygens (including phenoxy) is 1. The molecule has 0 aromatic heterocycles. The Morgan fingerprint density at radius 1 is 1.60 bits per heavy atom. The summed E-state index contributed by atoms with van der Waals surface area (Å²) in [4.78, 5) is 18.7. The van der Waals surface area contributed by atoms with Crippen molar-refractivity contribution in [3.63, 3.8) is 0 Å². The molecule has 0 unspecified atom stereocenters. The number of carbonyl (C=O) groups is 1. The fraction of sp³-hybridized carbons (Fsp3) is 0.300. The van der Waals surface area contributed by atoms with E-state index in [2.05, 4.69) is 16.6 Å². The highest BCUT2D eigenvalue weighted by Crippen LogP contribution is 1.94. The lowest BCUT2D eigenvalue weighted by molar-refractivity contribution is -0.134. The van der Waals surface area contributed by atoms with Crippen molar-refractivity contribution in [2.45, 2.75) is 6.92 Å². The molecule has 0 bridgehead atoms. The molecule has 0 amide bonds. The Hall–Kier alpha value is -1.42. The van der Waals surface area contributed by atoms with E-state index in [9.17, 15) is 4.79 Å². The third-order valence-corrected chi connectivity index (χ3v) is 1.53. The SMILES string of the molecule is C=C/C=C/C(=NC(Cl)=NC)C(=O)OCC. The Labute approximate surface area is 94.0 Å². The summed E-state index contributed by atoms with van der Waals surface area (Å²) in [5.41, 5.74) is 0.0901. The molecule has 0 heterocycles. The number of rotatable bonds is 4. The lowest BCUT2D eigenvalue weighted by atomic mass is 10.3. The van der Waals surface area contributed by atoms with Gasteiger partial charge in [0.05, 0.1) is 6.61 Å². The maximum atomic E-state index is 11.3. The number of amidine groups is 1. The average Bonchev–Trinajstić information content (AvgIpc) is 2.24. The van der Waals surface area contributed by atoms with Crippen LogP contribution in [0.1, 0.15) is 6.92 Å². The third-order valence-electron chi connectivity index (χ3n) is 1.27. The monoisotopic (exact) mass is 228 g/mol. The molecule has 82 valence electrons. The number of hydrogen-bond acceptors (Lipinski definition) is 3. The van der Waals surface area contributed by atoms with Gasteiger partial charge in [-0.15, -0.1) is 0 Å². The second kappa shape index (κ2) is 7.94. The van der Waals surface area contributed by atoms with Gasteiger partial charge in [-0.3, -0.25) is 4.99 Å². The van der Waals surface area contributed by atoms with Crippen LogP contribution >= 0.6 is 11.6 Å². The van der Waals surface area contributed by atoms with E-state index in [1.807, 2.05) is 0 Å². The number of halogens is 1. The number of aliphatic imine (C=N–C) groups is 2. The first-order valence-electron chi connectivity index (χ1n) is 4.32. The maximum absolute atomic E-state index is 11.3. The molecule has 5 heteroatoms. The third kappa shape index (κ3) is 5.80. The van der Waals surface area contributed by atoms with Crippen LogP contribution in [0.3, 0.4) is 0 Å². The standard InChI is InChI=1S/C10H13ClN2O2/c1-4-6-7-8(9(14)15-5-2)13-10(11)12-3/h4,6-7H,1,5H2,2-3H3/b7-6+,12-10?,13-8?. The predicted molar refractivity (Wildman–Crippen MR) is 62.6 cm³/mol. The van der Waals surface area contributed by atoms with Crippen LogP contribution in [-0.4, -0.2) is 30.6 Å². The van der Waals surface area contributed by atoms with Gasteiger partial charge in [-0.05, 0) is 24.6 Å². The molecule has 0 aromatic rings. The topological polar surface area (TPSA) is 51.0 Å². The van der Waals surface area contributed by atoms with Gasteiger partial charge >= 0.3 is 5.97 Å². The molecular formula is C10H13ClN2O2. The Balaban J connectivity index is 4.87. The average molecular weight is 229 g/mol. The minimum atomic E-state index is -0.544. The van der Waals surface area contributed by atoms with Crippen molar-refractivity contribution in [1.29, 1.82) is 0 Å². The van der Waals surface area contributed by atoms with Crippen molar-refractivity contribution >= 4 is 28.6 Å². The summed E-state index contributed by atoms with van der Waals surface area (Å²) in [6.45, 7) is 5.47. The molecular weight excluding hydrogens is 216 g/mol. The molecule has 4 nitrogen and oxygen atoms in total. The van der Waals surface area contributed by atoms with E-state index in [4.69, 9.17) is 16.3 Å². The van der Waals surface area contributed by atoms with E-state index in [-0.39, 0.29) is 17.6 Å². The Morgan fingerprint density at radius 2 is 2.27 bits per heavy atom. The van der Waals surface area contributed by atoms with Crippen molar-refractivity contribution in [1.82, 2.24) is 0 Å². The summed E-state index contributed by atoms with van der Waals surface area (Å²) >= 11 is 5.58. The first-order valence-corrected chi connectivity index (χ1v) is 4.70. The molecule has 0 fully saturated rings. The minimum Gasteiger partial charge on any atom is -0.461 e. The van der Waals surface area contributed by atoms with Gasteiger partial charge in [0, 0.05) is 7.05 Å². The fourth-order valence-corrected chi connectivity index (χ4v) is 0.756. The van der Waals surface area contributed by atoms with Gasteiger partial charge in [0.2, 0.25) is 5.29 Å². The van der Waals surface area contributed by atoms with Crippen molar-refractivity contribution in [3.05, 3.63) is 24.8 Å². The second-order valence-corrected chi connectivity index (χ2v) is 2.64. The highest BCUT2D eigenvalue weighted by atomic mass is 35.5. The molecule has 0 saturated heterocycles. The van der Waals surface area contributed by atoms with Crippen LogP contribution in [0.4, 0.5) is 0 Å². The molecule has 0 spiro atoms. The van der Waals surface area contributed by atoms with Crippen LogP contribution in [0.2, 0.25) is 0 Å². The first-order chi connectivity index (χ1) is 7.15. The molecule has 0 radical (unpaired) electrons. The number of hydrogen-bond donors (Lipinski definition) is 0. The van der Waals surface area contributed by atoms with Gasteiger partial charge in [0.15, 0.2) is 5.71 Å². The smallest absolute Gasteiger partial charge is 0.357 e. The molecule has 0 N–H and O–H groups in total. The summed E-state index contributed by atoms with van der Waals surface area (Å²) in [7, 11) is 1.48. The molecule has 0 aliphatic carbocycles. The van der Waals surface area contributed by atoms with Crippen LogP contribution in [0.5, 0.6) is 0 Å². The van der Waals surface area contributed by atoms with Crippen LogP contribution in [0.25, 0.3) is 0 Å². The van der Waals surface area contributed by atoms with E-state index in [1.54, 1.807) is 13.0 Å². The zero-order chi connectivity index (χ0) is 11.7. The normalized spacial score (nSPS) is 13.0. The summed E-state index contributed by atoms with van der Waals surface area (Å²) < 4.78 is 4.78. The van der Waals surface area contributed by atoms with Gasteiger partial charge in [0.1, 0.15) is 0 Å². The number of carbonyl (C=O) groups excluding carboxylic acids is 1. The Kier molecular flexibility index (Phi) is 7.18. The van der Waals surface area contributed by atoms with Crippen LogP contribution < -0.4 is 0 Å².